The van der Waals surface area contributed by atoms with E-state index in [1.807, 2.05) is 19.9 Å². The van der Waals surface area contributed by atoms with E-state index in [4.69, 9.17) is 5.73 Å². The van der Waals surface area contributed by atoms with Crippen molar-refractivity contribution >= 4 is 41.9 Å². The maximum atomic E-state index is 12.8. The van der Waals surface area contributed by atoms with Crippen LogP contribution in [0.2, 0.25) is 0 Å². The Morgan fingerprint density at radius 3 is 2.50 bits per heavy atom. The maximum Gasteiger partial charge on any atom is 0.244 e. The number of aryl methyl sites for hydroxylation is 1. The summed E-state index contributed by atoms with van der Waals surface area (Å²) < 4.78 is 28.4. The first-order valence-electron chi connectivity index (χ1n) is 6.43. The Hall–Kier alpha value is 0.0500. The lowest BCUT2D eigenvalue weighted by Gasteiger charge is -2.34. The van der Waals surface area contributed by atoms with Crippen LogP contribution >= 0.6 is 31.9 Å². The highest BCUT2D eigenvalue weighted by molar-refractivity contribution is 9.11. The molecule has 0 aliphatic carbocycles. The predicted molar refractivity (Wildman–Crippen MR) is 87.1 cm³/mol. The number of rotatable bonds is 2. The Bertz CT molecular complexity index is 609. The second kappa shape index (κ2) is 6.04. The standard InChI is InChI=1S/C13H18Br2N2O2S/c1-8-3-10(16)7-17(6-8)20(18,19)13-5-11(14)9(2)4-12(13)15/h4-5,8,10H,3,6-7,16H2,1-2H3. The van der Waals surface area contributed by atoms with E-state index in [1.165, 1.54) is 4.31 Å². The summed E-state index contributed by atoms with van der Waals surface area (Å²) in [5.74, 6) is 0.279. The number of hydrogen-bond acceptors (Lipinski definition) is 3. The molecule has 0 bridgehead atoms. The van der Waals surface area contributed by atoms with Gasteiger partial charge in [0.25, 0.3) is 0 Å². The second-order valence-electron chi connectivity index (χ2n) is 5.45. The topological polar surface area (TPSA) is 63.4 Å². The van der Waals surface area contributed by atoms with E-state index < -0.39 is 10.0 Å². The van der Waals surface area contributed by atoms with Gasteiger partial charge in [0.05, 0.1) is 4.90 Å². The first-order chi connectivity index (χ1) is 9.21. The van der Waals surface area contributed by atoms with Crippen LogP contribution in [0.5, 0.6) is 0 Å². The van der Waals surface area contributed by atoms with Crippen LogP contribution in [0.1, 0.15) is 18.9 Å². The van der Waals surface area contributed by atoms with Crippen molar-refractivity contribution in [3.8, 4) is 0 Å². The zero-order valence-electron chi connectivity index (χ0n) is 11.4. The molecule has 1 aromatic rings. The third kappa shape index (κ3) is 3.27. The lowest BCUT2D eigenvalue weighted by Crippen LogP contribution is -2.48. The van der Waals surface area contributed by atoms with E-state index >= 15 is 0 Å². The van der Waals surface area contributed by atoms with Gasteiger partial charge in [-0.3, -0.25) is 0 Å². The van der Waals surface area contributed by atoms with Gasteiger partial charge < -0.3 is 5.73 Å². The molecular weight excluding hydrogens is 408 g/mol. The molecule has 1 saturated heterocycles. The zero-order valence-corrected chi connectivity index (χ0v) is 15.4. The molecular formula is C13H18Br2N2O2S. The van der Waals surface area contributed by atoms with Gasteiger partial charge >= 0.3 is 0 Å². The third-order valence-corrected chi connectivity index (χ3v) is 7.13. The number of hydrogen-bond donors (Lipinski definition) is 1. The lowest BCUT2D eigenvalue weighted by molar-refractivity contribution is 0.254. The van der Waals surface area contributed by atoms with Crippen LogP contribution in [0.4, 0.5) is 0 Å². The highest BCUT2D eigenvalue weighted by atomic mass is 79.9. The summed E-state index contributed by atoms with van der Waals surface area (Å²) >= 11 is 6.75. The fraction of sp³-hybridized carbons (Fsp3) is 0.538. The van der Waals surface area contributed by atoms with E-state index in [0.29, 0.717) is 17.6 Å². The van der Waals surface area contributed by atoms with Gasteiger partial charge in [-0.1, -0.05) is 22.9 Å². The van der Waals surface area contributed by atoms with Gasteiger partial charge in [-0.15, -0.1) is 0 Å². The molecule has 1 aliphatic heterocycles. The van der Waals surface area contributed by atoms with Crippen molar-refractivity contribution in [2.45, 2.75) is 31.2 Å². The van der Waals surface area contributed by atoms with Crippen LogP contribution in [0, 0.1) is 12.8 Å². The SMILES string of the molecule is Cc1cc(Br)c(S(=O)(=O)N2CC(C)CC(N)C2)cc1Br. The molecule has 4 nitrogen and oxygen atoms in total. The number of sulfonamides is 1. The van der Waals surface area contributed by atoms with E-state index in [2.05, 4.69) is 31.9 Å². The van der Waals surface area contributed by atoms with Crippen LogP contribution in [0.3, 0.4) is 0 Å². The van der Waals surface area contributed by atoms with E-state index in [9.17, 15) is 8.42 Å². The Morgan fingerprint density at radius 1 is 1.25 bits per heavy atom. The van der Waals surface area contributed by atoms with Gasteiger partial charge in [0.15, 0.2) is 0 Å². The normalized spacial score (nSPS) is 24.9. The van der Waals surface area contributed by atoms with Gasteiger partial charge in [0.1, 0.15) is 0 Å². The minimum Gasteiger partial charge on any atom is -0.326 e. The van der Waals surface area contributed by atoms with Crippen molar-refractivity contribution in [3.05, 3.63) is 26.6 Å². The molecule has 2 unspecified atom stereocenters. The van der Waals surface area contributed by atoms with Crippen molar-refractivity contribution in [3.63, 3.8) is 0 Å². The molecule has 2 rings (SSSR count). The molecule has 0 amide bonds. The van der Waals surface area contributed by atoms with E-state index in [0.717, 1.165) is 16.5 Å². The van der Waals surface area contributed by atoms with Crippen molar-refractivity contribution in [1.29, 1.82) is 0 Å². The first-order valence-corrected chi connectivity index (χ1v) is 9.45. The molecule has 2 atom stereocenters. The number of nitrogens with two attached hydrogens (primary N) is 1. The number of nitrogens with zero attached hydrogens (tertiary/aromatic N) is 1. The maximum absolute atomic E-state index is 12.8. The van der Waals surface area contributed by atoms with Crippen molar-refractivity contribution < 1.29 is 8.42 Å². The molecule has 112 valence electrons. The highest BCUT2D eigenvalue weighted by Gasteiger charge is 2.33. The molecule has 2 N–H and O–H groups in total. The fourth-order valence-electron chi connectivity index (χ4n) is 2.51. The second-order valence-corrected chi connectivity index (χ2v) is 9.07. The Balaban J connectivity index is 2.42. The summed E-state index contributed by atoms with van der Waals surface area (Å²) in [4.78, 5) is 0.288. The van der Waals surface area contributed by atoms with Crippen LogP contribution in [0.25, 0.3) is 0 Å². The third-order valence-electron chi connectivity index (χ3n) is 3.49. The molecule has 7 heteroatoms. The number of halogens is 2. The highest BCUT2D eigenvalue weighted by Crippen LogP contribution is 2.32. The number of benzene rings is 1. The van der Waals surface area contributed by atoms with Gasteiger partial charge in [-0.25, -0.2) is 8.42 Å². The monoisotopic (exact) mass is 424 g/mol. The molecule has 1 heterocycles. The van der Waals surface area contributed by atoms with Crippen LogP contribution < -0.4 is 5.73 Å². The van der Waals surface area contributed by atoms with E-state index in [-0.39, 0.29) is 16.9 Å². The summed E-state index contributed by atoms with van der Waals surface area (Å²) in [6.07, 6.45) is 0.866. The molecule has 1 aromatic carbocycles. The van der Waals surface area contributed by atoms with Crippen molar-refractivity contribution in [2.75, 3.05) is 13.1 Å². The van der Waals surface area contributed by atoms with Gasteiger partial charge in [-0.2, -0.15) is 4.31 Å². The lowest BCUT2D eigenvalue weighted by atomic mass is 9.99. The smallest absolute Gasteiger partial charge is 0.244 e. The number of piperidine rings is 1. The molecule has 0 saturated carbocycles. The molecule has 0 radical (unpaired) electrons. The Labute approximate surface area is 137 Å². The largest absolute Gasteiger partial charge is 0.326 e. The Kier molecular flexibility index (Phi) is 4.96. The summed E-state index contributed by atoms with van der Waals surface area (Å²) in [6, 6.07) is 3.37. The quantitative estimate of drug-likeness (QED) is 0.792. The van der Waals surface area contributed by atoms with Crippen molar-refractivity contribution in [1.82, 2.24) is 4.31 Å². The van der Waals surface area contributed by atoms with Crippen molar-refractivity contribution in [2.24, 2.45) is 11.7 Å². The average Bonchev–Trinajstić information content (AvgIpc) is 2.32. The summed E-state index contributed by atoms with van der Waals surface area (Å²) in [7, 11) is -3.52. The zero-order chi connectivity index (χ0) is 15.1. The molecule has 0 spiro atoms. The van der Waals surface area contributed by atoms with Gasteiger partial charge in [0.2, 0.25) is 10.0 Å². The van der Waals surface area contributed by atoms with Crippen LogP contribution in [0.15, 0.2) is 26.0 Å². The summed E-state index contributed by atoms with van der Waals surface area (Å²) in [6.45, 7) is 4.85. The fourth-order valence-corrected chi connectivity index (χ4v) is 5.77. The minimum absolute atomic E-state index is 0.0961. The predicted octanol–water partition coefficient (Wildman–Crippen LogP) is 2.88. The first kappa shape index (κ1) is 16.4. The summed E-state index contributed by atoms with van der Waals surface area (Å²) in [5, 5.41) is 0. The van der Waals surface area contributed by atoms with Gasteiger partial charge in [-0.05, 0) is 52.9 Å². The van der Waals surface area contributed by atoms with Crippen LogP contribution in [-0.2, 0) is 10.0 Å². The molecule has 20 heavy (non-hydrogen) atoms. The molecule has 1 fully saturated rings. The minimum atomic E-state index is -3.52. The molecule has 0 aromatic heterocycles. The molecule has 1 aliphatic rings. The summed E-state index contributed by atoms with van der Waals surface area (Å²) in [5.41, 5.74) is 6.94. The Morgan fingerprint density at radius 2 is 1.90 bits per heavy atom. The average molecular weight is 426 g/mol. The van der Waals surface area contributed by atoms with E-state index in [1.54, 1.807) is 6.07 Å². The van der Waals surface area contributed by atoms with Crippen LogP contribution in [-0.4, -0.2) is 31.9 Å². The van der Waals surface area contributed by atoms with Gasteiger partial charge in [0, 0.05) is 28.1 Å².